The number of hydrogen-bond donors (Lipinski definition) is 1. The third kappa shape index (κ3) is 2.64. The standard InChI is InChI=1S/C24H17BO2/c26-25-27-18-12-13-20-16(14-18)7-5-11-22(20)24-15-17-6-1-2-8-19(17)21-9-3-4-10-23(21)24/h1-15,25-26H. The Kier molecular flexibility index (Phi) is 3.81. The van der Waals surface area contributed by atoms with Crippen LogP contribution in [0.4, 0.5) is 0 Å². The molecule has 0 saturated heterocycles. The van der Waals surface area contributed by atoms with E-state index in [9.17, 15) is 0 Å². The van der Waals surface area contributed by atoms with Crippen LogP contribution in [0.3, 0.4) is 0 Å². The molecule has 0 aliphatic rings. The first kappa shape index (κ1) is 15.9. The molecule has 0 aliphatic heterocycles. The molecule has 0 fully saturated rings. The SMILES string of the molecule is OBOc1ccc2c(-c3cc4ccccc4c4ccccc34)cccc2c1. The molecule has 5 aromatic carbocycles. The maximum absolute atomic E-state index is 9.02. The molecule has 2 nitrogen and oxygen atoms in total. The lowest BCUT2D eigenvalue weighted by Gasteiger charge is -2.14. The Hall–Kier alpha value is -3.30. The molecule has 128 valence electrons. The van der Waals surface area contributed by atoms with Crippen molar-refractivity contribution in [3.8, 4) is 16.9 Å². The fourth-order valence-electron chi connectivity index (χ4n) is 3.94. The van der Waals surface area contributed by atoms with Crippen molar-refractivity contribution in [2.45, 2.75) is 0 Å². The summed E-state index contributed by atoms with van der Waals surface area (Å²) in [6, 6.07) is 31.7. The molecule has 0 bridgehead atoms. The highest BCUT2D eigenvalue weighted by Crippen LogP contribution is 2.38. The molecule has 0 aromatic heterocycles. The van der Waals surface area contributed by atoms with Crippen molar-refractivity contribution >= 4 is 40.0 Å². The number of fused-ring (bicyclic) bond motifs is 4. The zero-order valence-electron chi connectivity index (χ0n) is 14.7. The lowest BCUT2D eigenvalue weighted by atomic mass is 9.91. The highest BCUT2D eigenvalue weighted by Gasteiger charge is 2.11. The van der Waals surface area contributed by atoms with Gasteiger partial charge in [-0.1, -0.05) is 72.8 Å². The van der Waals surface area contributed by atoms with Crippen LogP contribution < -0.4 is 4.65 Å². The molecule has 27 heavy (non-hydrogen) atoms. The summed E-state index contributed by atoms with van der Waals surface area (Å²) in [6.45, 7) is 0. The molecule has 0 radical (unpaired) electrons. The molecule has 3 heteroatoms. The van der Waals surface area contributed by atoms with Crippen LogP contribution in [0.1, 0.15) is 0 Å². The van der Waals surface area contributed by atoms with E-state index in [-0.39, 0.29) is 7.69 Å². The molecule has 0 saturated carbocycles. The maximum atomic E-state index is 9.02. The van der Waals surface area contributed by atoms with Gasteiger partial charge in [-0.2, -0.15) is 0 Å². The quantitative estimate of drug-likeness (QED) is 0.347. The summed E-state index contributed by atoms with van der Waals surface area (Å²) >= 11 is 0. The van der Waals surface area contributed by atoms with Crippen molar-refractivity contribution in [1.82, 2.24) is 0 Å². The summed E-state index contributed by atoms with van der Waals surface area (Å²) in [6.07, 6.45) is 0. The van der Waals surface area contributed by atoms with Gasteiger partial charge in [0, 0.05) is 0 Å². The summed E-state index contributed by atoms with van der Waals surface area (Å²) < 4.78 is 5.24. The highest BCUT2D eigenvalue weighted by atomic mass is 16.5. The fraction of sp³-hybridized carbons (Fsp3) is 0. The second-order valence-corrected chi connectivity index (χ2v) is 6.65. The second-order valence-electron chi connectivity index (χ2n) is 6.65. The third-order valence-corrected chi connectivity index (χ3v) is 5.14. The van der Waals surface area contributed by atoms with Gasteiger partial charge in [-0.3, -0.25) is 0 Å². The lowest BCUT2D eigenvalue weighted by molar-refractivity contribution is 0.454. The van der Waals surface area contributed by atoms with E-state index in [1.807, 2.05) is 12.1 Å². The van der Waals surface area contributed by atoms with E-state index in [4.69, 9.17) is 9.68 Å². The van der Waals surface area contributed by atoms with Crippen LogP contribution in [0.2, 0.25) is 0 Å². The Labute approximate surface area is 157 Å². The molecule has 0 atom stereocenters. The van der Waals surface area contributed by atoms with Gasteiger partial charge in [-0.05, 0) is 61.6 Å². The first-order chi connectivity index (χ1) is 13.3. The van der Waals surface area contributed by atoms with Gasteiger partial charge >= 0.3 is 7.69 Å². The summed E-state index contributed by atoms with van der Waals surface area (Å²) in [4.78, 5) is 0. The predicted octanol–water partition coefficient (Wildman–Crippen LogP) is 5.45. The minimum Gasteiger partial charge on any atom is -0.539 e. The molecule has 0 heterocycles. The first-order valence-electron chi connectivity index (χ1n) is 9.02. The van der Waals surface area contributed by atoms with Gasteiger partial charge < -0.3 is 9.68 Å². The second kappa shape index (κ2) is 6.46. The lowest BCUT2D eigenvalue weighted by Crippen LogP contribution is -1.99. The normalized spacial score (nSPS) is 11.1. The van der Waals surface area contributed by atoms with E-state index in [0.29, 0.717) is 5.75 Å². The Balaban J connectivity index is 1.85. The van der Waals surface area contributed by atoms with Crippen LogP contribution in [0.25, 0.3) is 43.4 Å². The summed E-state index contributed by atoms with van der Waals surface area (Å²) in [5, 5.41) is 16.3. The predicted molar refractivity (Wildman–Crippen MR) is 114 cm³/mol. The topological polar surface area (TPSA) is 29.5 Å². The molecule has 0 unspecified atom stereocenters. The van der Waals surface area contributed by atoms with Gasteiger partial charge in [0.1, 0.15) is 5.75 Å². The van der Waals surface area contributed by atoms with E-state index in [1.165, 1.54) is 38.1 Å². The molecule has 0 amide bonds. The van der Waals surface area contributed by atoms with Gasteiger partial charge in [0.15, 0.2) is 0 Å². The number of benzene rings is 5. The van der Waals surface area contributed by atoms with Crippen molar-refractivity contribution in [1.29, 1.82) is 0 Å². The zero-order valence-corrected chi connectivity index (χ0v) is 14.7. The van der Waals surface area contributed by atoms with Crippen LogP contribution in [-0.2, 0) is 0 Å². The minimum absolute atomic E-state index is 0.319. The first-order valence-corrected chi connectivity index (χ1v) is 9.02. The zero-order chi connectivity index (χ0) is 18.2. The van der Waals surface area contributed by atoms with E-state index >= 15 is 0 Å². The van der Waals surface area contributed by atoms with E-state index in [1.54, 1.807) is 0 Å². The summed E-state index contributed by atoms with van der Waals surface area (Å²) in [7, 11) is -0.319. The highest BCUT2D eigenvalue weighted by molar-refractivity contribution is 6.18. The average molecular weight is 348 g/mol. The van der Waals surface area contributed by atoms with Crippen molar-refractivity contribution in [3.63, 3.8) is 0 Å². The molecule has 0 aliphatic carbocycles. The third-order valence-electron chi connectivity index (χ3n) is 5.14. The van der Waals surface area contributed by atoms with Crippen LogP contribution in [0.5, 0.6) is 5.75 Å². The van der Waals surface area contributed by atoms with Crippen molar-refractivity contribution in [3.05, 3.63) is 91.0 Å². The molecular weight excluding hydrogens is 331 g/mol. The van der Waals surface area contributed by atoms with Crippen molar-refractivity contribution in [2.24, 2.45) is 0 Å². The summed E-state index contributed by atoms with van der Waals surface area (Å²) in [5.41, 5.74) is 2.43. The van der Waals surface area contributed by atoms with Crippen LogP contribution in [-0.4, -0.2) is 12.7 Å². The molecule has 5 rings (SSSR count). The maximum Gasteiger partial charge on any atom is 0.504 e. The number of rotatable bonds is 3. The average Bonchev–Trinajstić information content (AvgIpc) is 2.73. The summed E-state index contributed by atoms with van der Waals surface area (Å²) in [5.74, 6) is 0.672. The van der Waals surface area contributed by atoms with Gasteiger partial charge in [-0.25, -0.2) is 0 Å². The molecule has 1 N–H and O–H groups in total. The largest absolute Gasteiger partial charge is 0.539 e. The van der Waals surface area contributed by atoms with E-state index < -0.39 is 0 Å². The van der Waals surface area contributed by atoms with Gasteiger partial charge in [0.25, 0.3) is 0 Å². The Morgan fingerprint density at radius 2 is 1.26 bits per heavy atom. The molecule has 0 spiro atoms. The monoisotopic (exact) mass is 348 g/mol. The van der Waals surface area contributed by atoms with Crippen LogP contribution in [0, 0.1) is 0 Å². The van der Waals surface area contributed by atoms with Crippen molar-refractivity contribution < 1.29 is 9.68 Å². The smallest absolute Gasteiger partial charge is 0.504 e. The van der Waals surface area contributed by atoms with Gasteiger partial charge in [0.2, 0.25) is 0 Å². The van der Waals surface area contributed by atoms with Gasteiger partial charge in [0.05, 0.1) is 0 Å². The Morgan fingerprint density at radius 1 is 0.556 bits per heavy atom. The molecular formula is C24H17BO2. The Morgan fingerprint density at radius 3 is 2.11 bits per heavy atom. The van der Waals surface area contributed by atoms with Gasteiger partial charge in [-0.15, -0.1) is 0 Å². The number of hydrogen-bond acceptors (Lipinski definition) is 2. The molecule has 5 aromatic rings. The van der Waals surface area contributed by atoms with Crippen molar-refractivity contribution in [2.75, 3.05) is 0 Å². The van der Waals surface area contributed by atoms with E-state index in [2.05, 4.69) is 78.9 Å². The minimum atomic E-state index is -0.319. The fourth-order valence-corrected chi connectivity index (χ4v) is 3.94. The Bertz CT molecular complexity index is 1290. The van der Waals surface area contributed by atoms with Crippen LogP contribution in [0.15, 0.2) is 91.0 Å². The van der Waals surface area contributed by atoms with E-state index in [0.717, 1.165) is 5.39 Å². The van der Waals surface area contributed by atoms with Crippen LogP contribution >= 0.6 is 0 Å².